The highest BCUT2D eigenvalue weighted by Gasteiger charge is 2.41. The van der Waals surface area contributed by atoms with E-state index in [9.17, 15) is 0 Å². The average molecular weight is 683 g/mol. The number of ether oxygens (including phenoxy) is 2. The molecule has 0 fully saturated rings. The summed E-state index contributed by atoms with van der Waals surface area (Å²) in [5.41, 5.74) is 15.5. The molecular formula is C44H66O2Si2. The van der Waals surface area contributed by atoms with Crippen LogP contribution in [-0.2, 0) is 22.7 Å². The summed E-state index contributed by atoms with van der Waals surface area (Å²) >= 11 is 0. The molecule has 0 unspecified atom stereocenters. The van der Waals surface area contributed by atoms with Crippen molar-refractivity contribution in [2.75, 3.05) is 13.2 Å². The standard InChI is InChI=1S/C44H66O2Si2/c1-12-14-16-18-24-45-34-43-30-39(28-41(32-43)22-26-47(9,10)11)20-21-40-29-42(23-27-48(36(3)4,37(5)6)38(7)8)33-44(31-40)35-46-25-19-17-15-13-2/h28-33,36-38H,12-19,24-25,34-35H2,1-11H3. The molecule has 4 heteroatoms. The molecule has 0 atom stereocenters. The van der Waals surface area contributed by atoms with E-state index in [1.54, 1.807) is 0 Å². The molecule has 0 aliphatic rings. The van der Waals surface area contributed by atoms with Crippen molar-refractivity contribution in [3.63, 3.8) is 0 Å². The van der Waals surface area contributed by atoms with E-state index < -0.39 is 16.1 Å². The zero-order valence-electron chi connectivity index (χ0n) is 32.5. The molecular weight excluding hydrogens is 617 g/mol. The Hall–Kier alpha value is -2.53. The van der Waals surface area contributed by atoms with Gasteiger partial charge in [0.1, 0.15) is 16.1 Å². The van der Waals surface area contributed by atoms with Gasteiger partial charge in [0.05, 0.1) is 13.2 Å². The molecule has 2 aromatic rings. The third kappa shape index (κ3) is 14.9. The molecule has 0 saturated heterocycles. The fraction of sp³-hybridized carbons (Fsp3) is 0.591. The van der Waals surface area contributed by atoms with Gasteiger partial charge in [-0.15, -0.1) is 11.1 Å². The van der Waals surface area contributed by atoms with Gasteiger partial charge in [0.15, 0.2) is 0 Å². The largest absolute Gasteiger partial charge is 0.377 e. The number of unbranched alkanes of at least 4 members (excludes halogenated alkanes) is 6. The monoisotopic (exact) mass is 682 g/mol. The van der Waals surface area contributed by atoms with E-state index in [1.807, 2.05) is 0 Å². The Morgan fingerprint density at radius 1 is 0.500 bits per heavy atom. The van der Waals surface area contributed by atoms with Crippen molar-refractivity contribution in [1.82, 2.24) is 0 Å². The molecule has 0 aliphatic carbocycles. The van der Waals surface area contributed by atoms with E-state index in [0.717, 1.165) is 59.4 Å². The van der Waals surface area contributed by atoms with Gasteiger partial charge >= 0.3 is 0 Å². The molecule has 0 aliphatic heterocycles. The van der Waals surface area contributed by atoms with E-state index in [0.29, 0.717) is 29.8 Å². The molecule has 0 amide bonds. The first-order valence-electron chi connectivity index (χ1n) is 18.8. The first-order chi connectivity index (χ1) is 22.8. The van der Waals surface area contributed by atoms with Crippen LogP contribution in [0.5, 0.6) is 0 Å². The summed E-state index contributed by atoms with van der Waals surface area (Å²) in [4.78, 5) is 0. The smallest absolute Gasteiger partial charge is 0.146 e. The highest BCUT2D eigenvalue weighted by Crippen LogP contribution is 2.40. The summed E-state index contributed by atoms with van der Waals surface area (Å²) in [6, 6.07) is 13.0. The van der Waals surface area contributed by atoms with Gasteiger partial charge in [0.25, 0.3) is 0 Å². The first kappa shape index (κ1) is 41.6. The van der Waals surface area contributed by atoms with Crippen molar-refractivity contribution < 1.29 is 9.47 Å². The van der Waals surface area contributed by atoms with Crippen LogP contribution in [0.3, 0.4) is 0 Å². The molecule has 262 valence electrons. The third-order valence-electron chi connectivity index (χ3n) is 9.03. The van der Waals surface area contributed by atoms with E-state index in [1.165, 1.54) is 38.5 Å². The van der Waals surface area contributed by atoms with Crippen molar-refractivity contribution in [2.45, 2.75) is 156 Å². The van der Waals surface area contributed by atoms with Gasteiger partial charge in [0.2, 0.25) is 0 Å². The van der Waals surface area contributed by atoms with E-state index in [4.69, 9.17) is 9.47 Å². The summed E-state index contributed by atoms with van der Waals surface area (Å²) in [5.74, 6) is 14.1. The topological polar surface area (TPSA) is 18.5 Å². The number of benzene rings is 2. The van der Waals surface area contributed by atoms with Crippen molar-refractivity contribution in [3.05, 3.63) is 69.8 Å². The summed E-state index contributed by atoms with van der Waals surface area (Å²) in [7, 11) is -3.38. The van der Waals surface area contributed by atoms with E-state index >= 15 is 0 Å². The van der Waals surface area contributed by atoms with E-state index in [2.05, 4.69) is 146 Å². The second-order valence-electron chi connectivity index (χ2n) is 15.5. The predicted octanol–water partition coefficient (Wildman–Crippen LogP) is 12.1. The minimum absolute atomic E-state index is 0.582. The Bertz CT molecular complexity index is 1420. The highest BCUT2D eigenvalue weighted by molar-refractivity contribution is 6.90. The fourth-order valence-electron chi connectivity index (χ4n) is 6.50. The van der Waals surface area contributed by atoms with Crippen molar-refractivity contribution >= 4 is 16.1 Å². The van der Waals surface area contributed by atoms with Crippen LogP contribution in [0.25, 0.3) is 0 Å². The molecule has 2 nitrogen and oxygen atoms in total. The fourth-order valence-corrected chi connectivity index (χ4v) is 12.2. The molecule has 0 saturated carbocycles. The van der Waals surface area contributed by atoms with Crippen LogP contribution in [-0.4, -0.2) is 29.4 Å². The van der Waals surface area contributed by atoms with Gasteiger partial charge in [-0.1, -0.05) is 137 Å². The minimum atomic E-state index is -1.87. The van der Waals surface area contributed by atoms with Crippen LogP contribution >= 0.6 is 0 Å². The Morgan fingerprint density at radius 2 is 0.875 bits per heavy atom. The molecule has 0 bridgehead atoms. The Balaban J connectivity index is 2.51. The molecule has 2 aromatic carbocycles. The van der Waals surface area contributed by atoms with Gasteiger partial charge in [-0.3, -0.25) is 0 Å². The average Bonchev–Trinajstić information content (AvgIpc) is 3.02. The zero-order valence-corrected chi connectivity index (χ0v) is 34.5. The molecule has 48 heavy (non-hydrogen) atoms. The molecule has 0 spiro atoms. The lowest BCUT2D eigenvalue weighted by atomic mass is 10.0. The van der Waals surface area contributed by atoms with Gasteiger partial charge < -0.3 is 9.47 Å². The lowest BCUT2D eigenvalue weighted by Gasteiger charge is -2.38. The van der Waals surface area contributed by atoms with Crippen molar-refractivity contribution in [1.29, 1.82) is 0 Å². The maximum Gasteiger partial charge on any atom is 0.146 e. The number of rotatable bonds is 17. The van der Waals surface area contributed by atoms with Crippen LogP contribution in [0.2, 0.25) is 36.3 Å². The predicted molar refractivity (Wildman–Crippen MR) is 215 cm³/mol. The summed E-state index contributed by atoms with van der Waals surface area (Å²) < 4.78 is 12.2. The van der Waals surface area contributed by atoms with Crippen LogP contribution in [0, 0.1) is 34.8 Å². The molecule has 2 rings (SSSR count). The van der Waals surface area contributed by atoms with E-state index in [-0.39, 0.29) is 0 Å². The third-order valence-corrected chi connectivity index (χ3v) is 16.2. The molecule has 0 heterocycles. The normalized spacial score (nSPS) is 11.6. The summed E-state index contributed by atoms with van der Waals surface area (Å²) in [5, 5.41) is 0. The number of hydrogen-bond acceptors (Lipinski definition) is 2. The van der Waals surface area contributed by atoms with Crippen LogP contribution in [0.4, 0.5) is 0 Å². The maximum atomic E-state index is 6.14. The van der Waals surface area contributed by atoms with Crippen molar-refractivity contribution in [2.24, 2.45) is 0 Å². The SMILES string of the molecule is CCCCCCOCc1cc(C#Cc2cc(C#C[Si](C(C)C)(C(C)C)C(C)C)cc(COCCCCCC)c2)cc(C#C[Si](C)(C)C)c1. The Kier molecular flexibility index (Phi) is 18.7. The number of hydrogen-bond donors (Lipinski definition) is 0. The molecule has 0 N–H and O–H groups in total. The van der Waals surface area contributed by atoms with Gasteiger partial charge in [-0.05, 0) is 77.0 Å². The first-order valence-corrected chi connectivity index (χ1v) is 24.6. The van der Waals surface area contributed by atoms with Crippen LogP contribution in [0.1, 0.15) is 140 Å². The lowest BCUT2D eigenvalue weighted by molar-refractivity contribution is 0.116. The van der Waals surface area contributed by atoms with Gasteiger partial charge in [-0.2, -0.15) is 0 Å². The highest BCUT2D eigenvalue weighted by atomic mass is 28.3. The molecule has 0 radical (unpaired) electrons. The Morgan fingerprint density at radius 3 is 1.23 bits per heavy atom. The van der Waals surface area contributed by atoms with Crippen LogP contribution in [0.15, 0.2) is 36.4 Å². The minimum Gasteiger partial charge on any atom is -0.377 e. The van der Waals surface area contributed by atoms with Crippen molar-refractivity contribution in [3.8, 4) is 34.8 Å². The summed E-state index contributed by atoms with van der Waals surface area (Å²) in [6.07, 6.45) is 9.65. The molecule has 0 aromatic heterocycles. The quantitative estimate of drug-likeness (QED) is 0.0939. The second-order valence-corrected chi connectivity index (χ2v) is 25.8. The second kappa shape index (κ2) is 21.5. The summed E-state index contributed by atoms with van der Waals surface area (Å²) in [6.45, 7) is 28.3. The Labute approximate surface area is 298 Å². The van der Waals surface area contributed by atoms with Crippen LogP contribution < -0.4 is 0 Å². The lowest BCUT2D eigenvalue weighted by Crippen LogP contribution is -2.43. The van der Waals surface area contributed by atoms with Gasteiger partial charge in [0, 0.05) is 35.5 Å². The zero-order chi connectivity index (χ0) is 35.6. The van der Waals surface area contributed by atoms with Gasteiger partial charge in [-0.25, -0.2) is 0 Å². The maximum absolute atomic E-state index is 6.14.